The molecule has 0 spiro atoms. The molecule has 4 rings (SSSR count). The van der Waals surface area contributed by atoms with E-state index in [-0.39, 0.29) is 0 Å². The summed E-state index contributed by atoms with van der Waals surface area (Å²) in [5.41, 5.74) is 5.71. The number of hydrogen-bond acceptors (Lipinski definition) is 3. The summed E-state index contributed by atoms with van der Waals surface area (Å²) in [7, 11) is 0. The summed E-state index contributed by atoms with van der Waals surface area (Å²) in [4.78, 5) is 14.1. The van der Waals surface area contributed by atoms with Crippen molar-refractivity contribution in [3.63, 3.8) is 0 Å². The molecule has 0 aliphatic heterocycles. The molecule has 3 nitrogen and oxygen atoms in total. The molecule has 3 heteroatoms. The summed E-state index contributed by atoms with van der Waals surface area (Å²) >= 11 is 0. The van der Waals surface area contributed by atoms with Crippen LogP contribution >= 0.6 is 0 Å². The van der Waals surface area contributed by atoms with Crippen LogP contribution in [-0.2, 0) is 0 Å². The second kappa shape index (κ2) is 6.29. The fourth-order valence-electron chi connectivity index (χ4n) is 2.86. The number of hydrogen-bond donors (Lipinski definition) is 0. The zero-order valence-corrected chi connectivity index (χ0v) is 14.0. The topological polar surface area (TPSA) is 38.7 Å². The number of aromatic nitrogens is 3. The fraction of sp³-hybridized carbons (Fsp3) is 0.0455. The van der Waals surface area contributed by atoms with E-state index in [1.165, 1.54) is 0 Å². The predicted octanol–water partition coefficient (Wildman–Crippen LogP) is 5.31. The van der Waals surface area contributed by atoms with Crippen LogP contribution < -0.4 is 0 Å². The zero-order chi connectivity index (χ0) is 17.2. The highest BCUT2D eigenvalue weighted by atomic mass is 14.9. The third-order valence-corrected chi connectivity index (χ3v) is 4.14. The molecule has 0 aliphatic carbocycles. The van der Waals surface area contributed by atoms with Crippen LogP contribution in [-0.4, -0.2) is 15.0 Å². The molecule has 0 N–H and O–H groups in total. The second-order valence-electron chi connectivity index (χ2n) is 5.90. The third kappa shape index (κ3) is 2.92. The van der Waals surface area contributed by atoms with Crippen molar-refractivity contribution in [1.82, 2.24) is 15.0 Å². The van der Waals surface area contributed by atoms with Crippen molar-refractivity contribution in [2.75, 3.05) is 0 Å². The van der Waals surface area contributed by atoms with E-state index < -0.39 is 0 Å². The Hall–Kier alpha value is -3.33. The van der Waals surface area contributed by atoms with Gasteiger partial charge in [-0.25, -0.2) is 15.0 Å². The van der Waals surface area contributed by atoms with Crippen molar-refractivity contribution in [2.45, 2.75) is 6.92 Å². The van der Waals surface area contributed by atoms with Gasteiger partial charge in [-0.05, 0) is 30.7 Å². The van der Waals surface area contributed by atoms with Crippen molar-refractivity contribution in [3.05, 3.63) is 84.6 Å². The van der Waals surface area contributed by atoms with Gasteiger partial charge in [0, 0.05) is 16.6 Å². The van der Waals surface area contributed by atoms with Crippen molar-refractivity contribution >= 4 is 17.0 Å². The van der Waals surface area contributed by atoms with Gasteiger partial charge in [0.2, 0.25) is 0 Å². The molecular formula is C22H17N3. The molecule has 25 heavy (non-hydrogen) atoms. The van der Waals surface area contributed by atoms with Gasteiger partial charge in [0.05, 0.1) is 11.2 Å². The van der Waals surface area contributed by atoms with Gasteiger partial charge in [0.1, 0.15) is 5.69 Å². The summed E-state index contributed by atoms with van der Waals surface area (Å²) in [6.07, 6.45) is 1.84. The van der Waals surface area contributed by atoms with E-state index in [0.29, 0.717) is 5.82 Å². The number of rotatable bonds is 3. The number of benzene rings is 2. The van der Waals surface area contributed by atoms with Crippen LogP contribution in [0, 0.1) is 6.92 Å². The lowest BCUT2D eigenvalue weighted by Gasteiger charge is -2.09. The van der Waals surface area contributed by atoms with Crippen LogP contribution in [0.5, 0.6) is 0 Å². The lowest BCUT2D eigenvalue weighted by atomic mass is 10.0. The van der Waals surface area contributed by atoms with Gasteiger partial charge in [-0.15, -0.1) is 0 Å². The lowest BCUT2D eigenvalue weighted by molar-refractivity contribution is 1.14. The first-order valence-electron chi connectivity index (χ1n) is 8.18. The molecule has 0 unspecified atom stereocenters. The maximum absolute atomic E-state index is 4.84. The molecule has 0 atom stereocenters. The Kier molecular flexibility index (Phi) is 3.82. The number of nitrogens with zero attached hydrogens (tertiary/aromatic N) is 3. The van der Waals surface area contributed by atoms with E-state index in [4.69, 9.17) is 9.97 Å². The Bertz CT molecular complexity index is 1070. The highest BCUT2D eigenvalue weighted by molar-refractivity contribution is 5.93. The van der Waals surface area contributed by atoms with Gasteiger partial charge in [-0.1, -0.05) is 61.2 Å². The van der Waals surface area contributed by atoms with Crippen LogP contribution in [0.15, 0.2) is 73.3 Å². The number of pyridine rings is 1. The molecular weight excluding hydrogens is 306 g/mol. The molecule has 0 bridgehead atoms. The van der Waals surface area contributed by atoms with E-state index in [1.807, 2.05) is 61.5 Å². The minimum Gasteiger partial charge on any atom is -0.250 e. The molecule has 4 aromatic rings. The van der Waals surface area contributed by atoms with Gasteiger partial charge in [0.15, 0.2) is 5.82 Å². The molecule has 0 amide bonds. The summed E-state index contributed by atoms with van der Waals surface area (Å²) < 4.78 is 0. The zero-order valence-electron chi connectivity index (χ0n) is 14.0. The van der Waals surface area contributed by atoms with Gasteiger partial charge >= 0.3 is 0 Å². The number of aryl methyl sites for hydroxylation is 1. The van der Waals surface area contributed by atoms with Crippen LogP contribution in [0.2, 0.25) is 0 Å². The van der Waals surface area contributed by atoms with Gasteiger partial charge in [-0.3, -0.25) is 0 Å². The van der Waals surface area contributed by atoms with E-state index >= 15 is 0 Å². The molecule has 0 radical (unpaired) electrons. The Labute approximate surface area is 146 Å². The van der Waals surface area contributed by atoms with Crippen LogP contribution in [0.1, 0.15) is 11.3 Å². The van der Waals surface area contributed by atoms with E-state index in [1.54, 1.807) is 0 Å². The molecule has 2 heterocycles. The summed E-state index contributed by atoms with van der Waals surface area (Å²) in [6.45, 7) is 5.78. The largest absolute Gasteiger partial charge is 0.250 e. The lowest BCUT2D eigenvalue weighted by Crippen LogP contribution is -1.97. The minimum atomic E-state index is 0.644. The average molecular weight is 323 g/mol. The summed E-state index contributed by atoms with van der Waals surface area (Å²) in [5.74, 6) is 0.644. The SMILES string of the molecule is C=Cc1ccc(-c2nc(-c3cccc(C)n3)nc3ccccc23)cc1. The highest BCUT2D eigenvalue weighted by Crippen LogP contribution is 2.28. The first-order valence-corrected chi connectivity index (χ1v) is 8.18. The summed E-state index contributed by atoms with van der Waals surface area (Å²) in [5, 5.41) is 1.03. The Morgan fingerprint density at radius 1 is 0.800 bits per heavy atom. The summed E-state index contributed by atoms with van der Waals surface area (Å²) in [6, 6.07) is 22.2. The standard InChI is InChI=1S/C22H17N3/c1-3-16-11-13-17(14-12-16)21-18-8-4-5-9-19(18)24-22(25-21)20-10-6-7-15(2)23-20/h3-14H,1H2,2H3. The third-order valence-electron chi connectivity index (χ3n) is 4.14. The number of para-hydroxylation sites is 1. The van der Waals surface area contributed by atoms with Crippen LogP contribution in [0.3, 0.4) is 0 Å². The first-order chi connectivity index (χ1) is 12.2. The number of fused-ring (bicyclic) bond motifs is 1. The van der Waals surface area contributed by atoms with Crippen LogP contribution in [0.4, 0.5) is 0 Å². The molecule has 0 fully saturated rings. The molecule has 2 aromatic heterocycles. The molecule has 120 valence electrons. The van der Waals surface area contributed by atoms with E-state index in [9.17, 15) is 0 Å². The van der Waals surface area contributed by atoms with Crippen molar-refractivity contribution < 1.29 is 0 Å². The maximum atomic E-state index is 4.84. The maximum Gasteiger partial charge on any atom is 0.179 e. The van der Waals surface area contributed by atoms with E-state index in [0.717, 1.165) is 39.1 Å². The molecule has 0 saturated heterocycles. The quantitative estimate of drug-likeness (QED) is 0.513. The Balaban J connectivity index is 1.96. The van der Waals surface area contributed by atoms with Gasteiger partial charge in [0.25, 0.3) is 0 Å². The van der Waals surface area contributed by atoms with Crippen molar-refractivity contribution in [1.29, 1.82) is 0 Å². The predicted molar refractivity (Wildman–Crippen MR) is 103 cm³/mol. The first kappa shape index (κ1) is 15.2. The highest BCUT2D eigenvalue weighted by Gasteiger charge is 2.12. The Morgan fingerprint density at radius 3 is 2.36 bits per heavy atom. The van der Waals surface area contributed by atoms with E-state index in [2.05, 4.69) is 29.8 Å². The fourth-order valence-corrected chi connectivity index (χ4v) is 2.86. The minimum absolute atomic E-state index is 0.644. The average Bonchev–Trinajstić information content (AvgIpc) is 2.67. The van der Waals surface area contributed by atoms with Gasteiger partial charge < -0.3 is 0 Å². The smallest absolute Gasteiger partial charge is 0.179 e. The van der Waals surface area contributed by atoms with Crippen molar-refractivity contribution in [3.8, 4) is 22.8 Å². The second-order valence-corrected chi connectivity index (χ2v) is 5.90. The van der Waals surface area contributed by atoms with Crippen LogP contribution in [0.25, 0.3) is 39.8 Å². The molecule has 0 saturated carbocycles. The monoisotopic (exact) mass is 323 g/mol. The molecule has 2 aromatic carbocycles. The molecule has 0 aliphatic rings. The Morgan fingerprint density at radius 2 is 1.60 bits per heavy atom. The van der Waals surface area contributed by atoms with Gasteiger partial charge in [-0.2, -0.15) is 0 Å². The van der Waals surface area contributed by atoms with Crippen molar-refractivity contribution in [2.24, 2.45) is 0 Å². The normalized spacial score (nSPS) is 10.8.